The molecule has 0 aliphatic heterocycles. The summed E-state index contributed by atoms with van der Waals surface area (Å²) in [6.45, 7) is 4.82. The van der Waals surface area contributed by atoms with E-state index in [2.05, 4.69) is 20.5 Å². The number of nitrogens with one attached hydrogen (secondary N) is 3. The third-order valence-electron chi connectivity index (χ3n) is 2.34. The predicted molar refractivity (Wildman–Crippen MR) is 64.8 cm³/mol. The maximum Gasteiger partial charge on any atom is 0.350 e. The van der Waals surface area contributed by atoms with Crippen molar-refractivity contribution in [3.8, 4) is 5.13 Å². The lowest BCUT2D eigenvalue weighted by Crippen LogP contribution is -2.24. The van der Waals surface area contributed by atoms with Crippen LogP contribution in [0.1, 0.15) is 25.6 Å². The molecule has 0 radical (unpaired) electrons. The van der Waals surface area contributed by atoms with E-state index in [0.29, 0.717) is 5.13 Å². The van der Waals surface area contributed by atoms with E-state index in [1.165, 1.54) is 11.3 Å². The SMILES string of the molecule is CCNC(C)c1csc(-n2c(=O)[nH][nH]c2=O)n1. The smallest absolute Gasteiger partial charge is 0.309 e. The van der Waals surface area contributed by atoms with Gasteiger partial charge in [0, 0.05) is 11.4 Å². The van der Waals surface area contributed by atoms with Crippen molar-refractivity contribution in [3.63, 3.8) is 0 Å². The summed E-state index contributed by atoms with van der Waals surface area (Å²) in [7, 11) is 0. The molecular formula is C9H13N5O2S. The van der Waals surface area contributed by atoms with Gasteiger partial charge >= 0.3 is 11.4 Å². The van der Waals surface area contributed by atoms with Gasteiger partial charge in [-0.25, -0.2) is 24.8 Å². The predicted octanol–water partition coefficient (Wildman–Crippen LogP) is -0.0191. The van der Waals surface area contributed by atoms with Crippen LogP contribution in [0.3, 0.4) is 0 Å². The van der Waals surface area contributed by atoms with Crippen molar-refractivity contribution in [2.24, 2.45) is 0 Å². The van der Waals surface area contributed by atoms with Crippen molar-refractivity contribution in [2.45, 2.75) is 19.9 Å². The molecule has 2 heterocycles. The molecule has 0 saturated carbocycles. The molecule has 0 saturated heterocycles. The fourth-order valence-corrected chi connectivity index (χ4v) is 2.39. The summed E-state index contributed by atoms with van der Waals surface area (Å²) in [6, 6.07) is 0.0960. The third kappa shape index (κ3) is 2.22. The molecule has 0 aromatic carbocycles. The minimum atomic E-state index is -0.507. The van der Waals surface area contributed by atoms with Crippen LogP contribution < -0.4 is 16.7 Å². The van der Waals surface area contributed by atoms with E-state index in [1.54, 1.807) is 0 Å². The van der Waals surface area contributed by atoms with E-state index in [4.69, 9.17) is 0 Å². The first-order valence-corrected chi connectivity index (χ1v) is 6.10. The molecule has 0 fully saturated rings. The van der Waals surface area contributed by atoms with Crippen LogP contribution >= 0.6 is 11.3 Å². The van der Waals surface area contributed by atoms with Crippen LogP contribution in [0, 0.1) is 0 Å². The fraction of sp³-hybridized carbons (Fsp3) is 0.444. The summed E-state index contributed by atoms with van der Waals surface area (Å²) in [5.74, 6) is 0. The van der Waals surface area contributed by atoms with Gasteiger partial charge in [-0.3, -0.25) is 0 Å². The monoisotopic (exact) mass is 255 g/mol. The first kappa shape index (κ1) is 11.8. The van der Waals surface area contributed by atoms with Crippen LogP contribution in [-0.4, -0.2) is 26.3 Å². The summed E-state index contributed by atoms with van der Waals surface area (Å²) >= 11 is 1.26. The molecule has 1 atom stereocenters. The highest BCUT2D eigenvalue weighted by atomic mass is 32.1. The molecule has 0 bridgehead atoms. The van der Waals surface area contributed by atoms with Crippen LogP contribution in [-0.2, 0) is 0 Å². The lowest BCUT2D eigenvalue weighted by atomic mass is 10.3. The topological polar surface area (TPSA) is 95.6 Å². The zero-order valence-electron chi connectivity index (χ0n) is 9.48. The Kier molecular flexibility index (Phi) is 3.25. The van der Waals surface area contributed by atoms with E-state index in [9.17, 15) is 9.59 Å². The lowest BCUT2D eigenvalue weighted by Gasteiger charge is -2.07. The molecule has 2 rings (SSSR count). The van der Waals surface area contributed by atoms with Crippen molar-refractivity contribution >= 4 is 11.3 Å². The molecule has 7 nitrogen and oxygen atoms in total. The molecule has 2 aromatic heterocycles. The Balaban J connectivity index is 2.37. The van der Waals surface area contributed by atoms with Crippen molar-refractivity contribution in [1.29, 1.82) is 0 Å². The zero-order chi connectivity index (χ0) is 12.4. The Morgan fingerprint density at radius 3 is 2.71 bits per heavy atom. The second-order valence-electron chi connectivity index (χ2n) is 3.53. The fourth-order valence-electron chi connectivity index (χ4n) is 1.47. The number of rotatable bonds is 4. The van der Waals surface area contributed by atoms with E-state index >= 15 is 0 Å². The van der Waals surface area contributed by atoms with Crippen molar-refractivity contribution < 1.29 is 0 Å². The second kappa shape index (κ2) is 4.68. The van der Waals surface area contributed by atoms with Crippen LogP contribution in [0.4, 0.5) is 0 Å². The summed E-state index contributed by atoms with van der Waals surface area (Å²) in [5, 5.41) is 9.86. The van der Waals surface area contributed by atoms with Gasteiger partial charge in [0.1, 0.15) is 0 Å². The maximum atomic E-state index is 11.4. The van der Waals surface area contributed by atoms with Crippen LogP contribution in [0.5, 0.6) is 0 Å². The minimum absolute atomic E-state index is 0.0960. The first-order valence-electron chi connectivity index (χ1n) is 5.22. The molecule has 8 heteroatoms. The second-order valence-corrected chi connectivity index (χ2v) is 4.37. The minimum Gasteiger partial charge on any atom is -0.309 e. The highest BCUT2D eigenvalue weighted by molar-refractivity contribution is 7.12. The Hall–Kier alpha value is -1.67. The van der Waals surface area contributed by atoms with Gasteiger partial charge in [-0.15, -0.1) is 11.3 Å². The molecule has 0 aliphatic rings. The number of H-pyrrole nitrogens is 2. The highest BCUT2D eigenvalue weighted by Crippen LogP contribution is 2.17. The van der Waals surface area contributed by atoms with Gasteiger partial charge in [0.15, 0.2) is 0 Å². The van der Waals surface area contributed by atoms with Gasteiger partial charge in [-0.05, 0) is 13.5 Å². The van der Waals surface area contributed by atoms with Gasteiger partial charge in [-0.2, -0.15) is 4.57 Å². The van der Waals surface area contributed by atoms with Crippen molar-refractivity contribution in [1.82, 2.24) is 25.1 Å². The van der Waals surface area contributed by atoms with Gasteiger partial charge in [0.2, 0.25) is 5.13 Å². The molecule has 0 aliphatic carbocycles. The van der Waals surface area contributed by atoms with Crippen LogP contribution in [0.2, 0.25) is 0 Å². The Morgan fingerprint density at radius 1 is 1.47 bits per heavy atom. The molecule has 2 aromatic rings. The third-order valence-corrected chi connectivity index (χ3v) is 3.18. The highest BCUT2D eigenvalue weighted by Gasteiger charge is 2.13. The average molecular weight is 255 g/mol. The summed E-state index contributed by atoms with van der Waals surface area (Å²) in [6.07, 6.45) is 0. The van der Waals surface area contributed by atoms with Gasteiger partial charge < -0.3 is 5.32 Å². The maximum absolute atomic E-state index is 11.4. The Morgan fingerprint density at radius 2 is 2.12 bits per heavy atom. The standard InChI is InChI=1S/C9H13N5O2S/c1-3-10-5(2)6-4-17-9(11-6)14-7(15)12-13-8(14)16/h4-5,10H,3H2,1-2H3,(H,12,15)(H,13,16). The normalized spacial score (nSPS) is 12.8. The molecule has 0 amide bonds. The number of nitrogens with zero attached hydrogens (tertiary/aromatic N) is 2. The number of aromatic amines is 2. The molecular weight excluding hydrogens is 242 g/mol. The quantitative estimate of drug-likeness (QED) is 0.715. The molecule has 1 unspecified atom stereocenters. The largest absolute Gasteiger partial charge is 0.350 e. The number of aromatic nitrogens is 4. The summed E-state index contributed by atoms with van der Waals surface area (Å²) < 4.78 is 0.979. The summed E-state index contributed by atoms with van der Waals surface area (Å²) in [5.41, 5.74) is -0.196. The molecule has 92 valence electrons. The Labute approximate surface area is 101 Å². The van der Waals surface area contributed by atoms with E-state index < -0.39 is 11.4 Å². The zero-order valence-corrected chi connectivity index (χ0v) is 10.3. The first-order chi connectivity index (χ1) is 8.13. The lowest BCUT2D eigenvalue weighted by molar-refractivity contribution is 0.585. The van der Waals surface area contributed by atoms with Gasteiger partial charge in [0.05, 0.1) is 5.69 Å². The van der Waals surface area contributed by atoms with Crippen molar-refractivity contribution in [2.75, 3.05) is 6.54 Å². The van der Waals surface area contributed by atoms with Gasteiger partial charge in [-0.1, -0.05) is 6.92 Å². The van der Waals surface area contributed by atoms with E-state index in [0.717, 1.165) is 16.8 Å². The van der Waals surface area contributed by atoms with Crippen LogP contribution in [0.15, 0.2) is 15.0 Å². The molecule has 3 N–H and O–H groups in total. The van der Waals surface area contributed by atoms with E-state index in [-0.39, 0.29) is 6.04 Å². The number of thiazole rings is 1. The van der Waals surface area contributed by atoms with Crippen LogP contribution in [0.25, 0.3) is 5.13 Å². The molecule has 17 heavy (non-hydrogen) atoms. The van der Waals surface area contributed by atoms with Crippen molar-refractivity contribution in [3.05, 3.63) is 32.0 Å². The van der Waals surface area contributed by atoms with Gasteiger partial charge in [0.25, 0.3) is 0 Å². The molecule has 0 spiro atoms. The summed E-state index contributed by atoms with van der Waals surface area (Å²) in [4.78, 5) is 27.0. The Bertz CT molecular complexity index is 580. The number of hydrogen-bond donors (Lipinski definition) is 3. The average Bonchev–Trinajstić information content (AvgIpc) is 2.86. The number of hydrogen-bond acceptors (Lipinski definition) is 5. The van der Waals surface area contributed by atoms with E-state index in [1.807, 2.05) is 19.2 Å².